The van der Waals surface area contributed by atoms with Crippen LogP contribution in [0.3, 0.4) is 0 Å². The molecule has 0 aliphatic rings. The first-order chi connectivity index (χ1) is 12.8. The predicted octanol–water partition coefficient (Wildman–Crippen LogP) is 2.31. The molecule has 0 saturated heterocycles. The minimum absolute atomic E-state index is 0.374. The summed E-state index contributed by atoms with van der Waals surface area (Å²) in [7, 11) is -3.64. The van der Waals surface area contributed by atoms with Crippen molar-refractivity contribution in [1.82, 2.24) is 5.43 Å². The van der Waals surface area contributed by atoms with Crippen LogP contribution in [-0.2, 0) is 14.8 Å². The van der Waals surface area contributed by atoms with Gasteiger partial charge in [0.15, 0.2) is 0 Å². The summed E-state index contributed by atoms with van der Waals surface area (Å²) in [6.45, 7) is 3.97. The van der Waals surface area contributed by atoms with Crippen molar-refractivity contribution in [3.05, 3.63) is 59.7 Å². The van der Waals surface area contributed by atoms with Gasteiger partial charge in [-0.1, -0.05) is 29.8 Å². The zero-order valence-electron chi connectivity index (χ0n) is 15.5. The number of hydrogen-bond donors (Lipinski definition) is 1. The summed E-state index contributed by atoms with van der Waals surface area (Å²) in [4.78, 5) is 12.1. The number of benzene rings is 2. The normalized spacial score (nSPS) is 11.4. The van der Waals surface area contributed by atoms with Gasteiger partial charge < -0.3 is 4.74 Å². The van der Waals surface area contributed by atoms with E-state index in [4.69, 9.17) is 4.74 Å². The van der Waals surface area contributed by atoms with Crippen molar-refractivity contribution in [2.45, 2.75) is 13.8 Å². The number of carbonyl (C=O) groups is 1. The molecule has 1 N–H and O–H groups in total. The molecule has 0 spiro atoms. The number of aryl methyl sites for hydroxylation is 1. The largest absolute Gasteiger partial charge is 0.494 e. The fourth-order valence-electron chi connectivity index (χ4n) is 2.27. The Hall–Kier alpha value is -2.87. The van der Waals surface area contributed by atoms with Crippen LogP contribution in [0.25, 0.3) is 0 Å². The maximum atomic E-state index is 12.1. The van der Waals surface area contributed by atoms with Crippen molar-refractivity contribution in [3.63, 3.8) is 0 Å². The van der Waals surface area contributed by atoms with Crippen molar-refractivity contribution < 1.29 is 17.9 Å². The van der Waals surface area contributed by atoms with Crippen molar-refractivity contribution in [2.75, 3.05) is 23.7 Å². The fraction of sp³-hybridized carbons (Fsp3) is 0.263. The maximum Gasteiger partial charge on any atom is 0.260 e. The lowest BCUT2D eigenvalue weighted by Crippen LogP contribution is -2.39. The highest BCUT2D eigenvalue weighted by molar-refractivity contribution is 7.92. The molecule has 7 nitrogen and oxygen atoms in total. The second-order valence-electron chi connectivity index (χ2n) is 5.90. The smallest absolute Gasteiger partial charge is 0.260 e. The molecule has 0 radical (unpaired) electrons. The number of amides is 1. The number of ether oxygens (including phenoxy) is 1. The van der Waals surface area contributed by atoms with Crippen molar-refractivity contribution in [1.29, 1.82) is 0 Å². The summed E-state index contributed by atoms with van der Waals surface area (Å²) in [6, 6.07) is 14.1. The maximum absolute atomic E-state index is 12.1. The van der Waals surface area contributed by atoms with Gasteiger partial charge >= 0.3 is 0 Å². The Labute approximate surface area is 159 Å². The average molecular weight is 389 g/mol. The molecule has 0 aromatic heterocycles. The third-order valence-electron chi connectivity index (χ3n) is 3.60. The second kappa shape index (κ2) is 9.18. The summed E-state index contributed by atoms with van der Waals surface area (Å²) in [6.07, 6.45) is 2.55. The molecule has 0 bridgehead atoms. The lowest BCUT2D eigenvalue weighted by molar-refractivity contribution is -0.119. The number of sulfonamides is 1. The third-order valence-corrected chi connectivity index (χ3v) is 4.74. The molecule has 0 heterocycles. The number of hydrogen-bond acceptors (Lipinski definition) is 5. The van der Waals surface area contributed by atoms with Crippen LogP contribution in [0.1, 0.15) is 18.1 Å². The predicted molar refractivity (Wildman–Crippen MR) is 107 cm³/mol. The van der Waals surface area contributed by atoms with Gasteiger partial charge in [-0.2, -0.15) is 5.10 Å². The minimum Gasteiger partial charge on any atom is -0.494 e. The van der Waals surface area contributed by atoms with Crippen LogP contribution in [0.4, 0.5) is 5.69 Å². The average Bonchev–Trinajstić information content (AvgIpc) is 2.62. The quantitative estimate of drug-likeness (QED) is 0.554. The second-order valence-corrected chi connectivity index (χ2v) is 7.81. The van der Waals surface area contributed by atoms with E-state index in [0.29, 0.717) is 18.0 Å². The zero-order valence-corrected chi connectivity index (χ0v) is 16.4. The number of rotatable bonds is 8. The lowest BCUT2D eigenvalue weighted by Gasteiger charge is -2.21. The van der Waals surface area contributed by atoms with Crippen LogP contribution in [0.15, 0.2) is 53.6 Å². The molecule has 2 aromatic carbocycles. The van der Waals surface area contributed by atoms with Crippen LogP contribution in [0.5, 0.6) is 5.75 Å². The Morgan fingerprint density at radius 1 is 1.15 bits per heavy atom. The van der Waals surface area contributed by atoms with E-state index in [1.807, 2.05) is 38.1 Å². The van der Waals surface area contributed by atoms with Gasteiger partial charge in [-0.25, -0.2) is 13.8 Å². The molecule has 27 heavy (non-hydrogen) atoms. The Kier molecular flexibility index (Phi) is 6.95. The number of carbonyl (C=O) groups excluding carboxylic acids is 1. The van der Waals surface area contributed by atoms with Gasteiger partial charge in [-0.15, -0.1) is 0 Å². The van der Waals surface area contributed by atoms with E-state index in [2.05, 4.69) is 10.5 Å². The van der Waals surface area contributed by atoms with E-state index in [1.54, 1.807) is 24.3 Å². The Balaban J connectivity index is 2.05. The number of hydrazone groups is 1. The first-order valence-corrected chi connectivity index (χ1v) is 10.2. The molecule has 8 heteroatoms. The van der Waals surface area contributed by atoms with Crippen LogP contribution in [-0.4, -0.2) is 39.9 Å². The highest BCUT2D eigenvalue weighted by Gasteiger charge is 2.20. The fourth-order valence-corrected chi connectivity index (χ4v) is 3.13. The van der Waals surface area contributed by atoms with Crippen molar-refractivity contribution in [2.24, 2.45) is 5.10 Å². The standard InChI is InChI=1S/C19H23N3O4S/c1-4-26-18-11-9-17(10-12-18)22(27(3,24)25)14-19(23)21-20-13-16-7-5-15(2)6-8-16/h5-13H,4,14H2,1-3H3,(H,21,23)/b20-13-. The summed E-state index contributed by atoms with van der Waals surface area (Å²) in [5.74, 6) is 0.0829. The van der Waals surface area contributed by atoms with E-state index in [-0.39, 0.29) is 6.54 Å². The van der Waals surface area contributed by atoms with E-state index in [0.717, 1.165) is 21.7 Å². The van der Waals surface area contributed by atoms with Gasteiger partial charge in [-0.05, 0) is 43.7 Å². The highest BCUT2D eigenvalue weighted by Crippen LogP contribution is 2.21. The van der Waals surface area contributed by atoms with E-state index < -0.39 is 15.9 Å². The Bertz CT molecular complexity index is 892. The molecule has 0 aliphatic heterocycles. The molecular formula is C19H23N3O4S. The van der Waals surface area contributed by atoms with Crippen molar-refractivity contribution in [3.8, 4) is 5.75 Å². The summed E-state index contributed by atoms with van der Waals surface area (Å²) in [5.41, 5.74) is 4.67. The van der Waals surface area contributed by atoms with Crippen molar-refractivity contribution >= 4 is 27.8 Å². The molecule has 2 aromatic rings. The number of anilines is 1. The van der Waals surface area contributed by atoms with Gasteiger partial charge in [0, 0.05) is 0 Å². The lowest BCUT2D eigenvalue weighted by atomic mass is 10.2. The summed E-state index contributed by atoms with van der Waals surface area (Å²) in [5, 5.41) is 3.87. The van der Waals surface area contributed by atoms with Gasteiger partial charge in [0.25, 0.3) is 5.91 Å². The first-order valence-electron chi connectivity index (χ1n) is 8.38. The van der Waals surface area contributed by atoms with E-state index >= 15 is 0 Å². The molecule has 0 fully saturated rings. The monoisotopic (exact) mass is 389 g/mol. The number of nitrogens with one attached hydrogen (secondary N) is 1. The van der Waals surface area contributed by atoms with Crippen LogP contribution >= 0.6 is 0 Å². The van der Waals surface area contributed by atoms with Gasteiger partial charge in [-0.3, -0.25) is 9.10 Å². The SMILES string of the molecule is CCOc1ccc(N(CC(=O)N/N=C\c2ccc(C)cc2)S(C)(=O)=O)cc1. The molecule has 0 aliphatic carbocycles. The molecule has 0 unspecified atom stereocenters. The van der Waals surface area contributed by atoms with Crippen LogP contribution in [0, 0.1) is 6.92 Å². The molecule has 0 saturated carbocycles. The first kappa shape index (κ1) is 20.4. The van der Waals surface area contributed by atoms with E-state index in [1.165, 1.54) is 6.21 Å². The highest BCUT2D eigenvalue weighted by atomic mass is 32.2. The topological polar surface area (TPSA) is 88.1 Å². The van der Waals surface area contributed by atoms with Crippen LogP contribution in [0.2, 0.25) is 0 Å². The summed E-state index contributed by atoms with van der Waals surface area (Å²) >= 11 is 0. The van der Waals surface area contributed by atoms with Gasteiger partial charge in [0.2, 0.25) is 10.0 Å². The van der Waals surface area contributed by atoms with E-state index in [9.17, 15) is 13.2 Å². The molecule has 144 valence electrons. The molecule has 2 rings (SSSR count). The third kappa shape index (κ3) is 6.41. The van der Waals surface area contributed by atoms with Gasteiger partial charge in [0.1, 0.15) is 12.3 Å². The summed E-state index contributed by atoms with van der Waals surface area (Å²) < 4.78 is 30.5. The Morgan fingerprint density at radius 2 is 1.78 bits per heavy atom. The Morgan fingerprint density at radius 3 is 2.33 bits per heavy atom. The minimum atomic E-state index is -3.64. The zero-order chi connectivity index (χ0) is 19.9. The molecular weight excluding hydrogens is 366 g/mol. The molecule has 0 atom stereocenters. The van der Waals surface area contributed by atoms with Crippen LogP contribution < -0.4 is 14.5 Å². The van der Waals surface area contributed by atoms with Gasteiger partial charge in [0.05, 0.1) is 24.8 Å². The molecule has 1 amide bonds. The number of nitrogens with zero attached hydrogens (tertiary/aromatic N) is 2.